The van der Waals surface area contributed by atoms with E-state index in [-0.39, 0.29) is 16.8 Å². The fraction of sp³-hybridized carbons (Fsp3) is 0.333. The highest BCUT2D eigenvalue weighted by atomic mass is 32.1. The molecule has 1 unspecified atom stereocenters. The highest BCUT2D eigenvalue weighted by Crippen LogP contribution is 2.35. The highest BCUT2D eigenvalue weighted by molar-refractivity contribution is 7.80. The van der Waals surface area contributed by atoms with Gasteiger partial charge in [-0.3, -0.25) is 9.59 Å². The van der Waals surface area contributed by atoms with E-state index in [4.69, 9.17) is 24.4 Å². The normalized spacial score (nSPS) is 20.7. The van der Waals surface area contributed by atoms with Crippen molar-refractivity contribution < 1.29 is 14.7 Å². The van der Waals surface area contributed by atoms with Crippen molar-refractivity contribution in [1.82, 2.24) is 21.3 Å². The topological polar surface area (TPSA) is 102 Å². The number of hydrogen-bond donors (Lipinski definition) is 5. The van der Waals surface area contributed by atoms with Gasteiger partial charge in [-0.25, -0.2) is 0 Å². The number of amides is 2. The van der Waals surface area contributed by atoms with Gasteiger partial charge in [0.2, 0.25) is 11.8 Å². The number of phenolic OH excluding ortho intramolecular Hbond substituents is 1. The molecule has 7 nitrogen and oxygen atoms in total. The number of carbonyl (C=O) groups excluding carboxylic acids is 2. The van der Waals surface area contributed by atoms with Gasteiger partial charge in [-0.1, -0.05) is 12.1 Å². The minimum atomic E-state index is -0.915. The molecule has 2 saturated heterocycles. The van der Waals surface area contributed by atoms with E-state index in [0.717, 1.165) is 5.56 Å². The van der Waals surface area contributed by atoms with Crippen LogP contribution in [0.15, 0.2) is 24.3 Å². The van der Waals surface area contributed by atoms with Crippen molar-refractivity contribution in [3.8, 4) is 5.75 Å². The Morgan fingerprint density at radius 3 is 2.04 bits per heavy atom. The minimum absolute atomic E-state index is 0.0202. The molecule has 0 bridgehead atoms. The Balaban J connectivity index is 1.96. The van der Waals surface area contributed by atoms with Crippen molar-refractivity contribution in [2.45, 2.75) is 5.92 Å². The molecule has 1 aromatic carbocycles. The summed E-state index contributed by atoms with van der Waals surface area (Å²) in [4.78, 5) is 24.9. The van der Waals surface area contributed by atoms with Crippen LogP contribution in [0.5, 0.6) is 5.75 Å². The van der Waals surface area contributed by atoms with E-state index >= 15 is 0 Å². The first-order chi connectivity index (χ1) is 11.5. The van der Waals surface area contributed by atoms with Gasteiger partial charge in [0, 0.05) is 24.9 Å². The molecular formula is C15H16N4O3S2. The van der Waals surface area contributed by atoms with Crippen LogP contribution >= 0.6 is 24.4 Å². The van der Waals surface area contributed by atoms with Gasteiger partial charge in [-0.05, 0) is 42.1 Å². The Hall–Kier alpha value is -2.26. The van der Waals surface area contributed by atoms with E-state index in [2.05, 4.69) is 21.3 Å². The van der Waals surface area contributed by atoms with Gasteiger partial charge in [0.25, 0.3) is 0 Å². The molecule has 1 atom stereocenters. The molecule has 3 rings (SSSR count). The maximum atomic E-state index is 12.4. The lowest BCUT2D eigenvalue weighted by molar-refractivity contribution is -0.136. The molecule has 0 aliphatic carbocycles. The van der Waals surface area contributed by atoms with E-state index in [1.54, 1.807) is 24.3 Å². The number of rotatable bonds is 3. The third kappa shape index (κ3) is 3.31. The largest absolute Gasteiger partial charge is 0.508 e. The van der Waals surface area contributed by atoms with Gasteiger partial charge < -0.3 is 26.4 Å². The number of nitrogens with one attached hydrogen (secondary N) is 4. The summed E-state index contributed by atoms with van der Waals surface area (Å²) in [6.45, 7) is 1.08. The molecule has 2 heterocycles. The van der Waals surface area contributed by atoms with Crippen LogP contribution in [0.25, 0.3) is 0 Å². The lowest BCUT2D eigenvalue weighted by Gasteiger charge is -2.37. The van der Waals surface area contributed by atoms with Crippen LogP contribution in [0.4, 0.5) is 0 Å². The van der Waals surface area contributed by atoms with E-state index < -0.39 is 23.7 Å². The zero-order chi connectivity index (χ0) is 17.3. The Labute approximate surface area is 149 Å². The smallest absolute Gasteiger partial charge is 0.239 e. The number of thiocarbonyl (C=S) groups is 2. The molecule has 5 N–H and O–H groups in total. The maximum absolute atomic E-state index is 12.4. The van der Waals surface area contributed by atoms with Crippen molar-refractivity contribution in [2.24, 2.45) is 11.8 Å². The monoisotopic (exact) mass is 364 g/mol. The molecule has 2 aliphatic rings. The fourth-order valence-electron chi connectivity index (χ4n) is 3.13. The second-order valence-electron chi connectivity index (χ2n) is 5.75. The first-order valence-electron chi connectivity index (χ1n) is 7.42. The predicted molar refractivity (Wildman–Crippen MR) is 95.3 cm³/mol. The quantitative estimate of drug-likeness (QED) is 0.371. The van der Waals surface area contributed by atoms with Gasteiger partial charge in [-0.15, -0.1) is 0 Å². The highest BCUT2D eigenvalue weighted by Gasteiger charge is 2.43. The summed E-state index contributed by atoms with van der Waals surface area (Å²) in [6.07, 6.45) is 0. The predicted octanol–water partition coefficient (Wildman–Crippen LogP) is -0.283. The molecule has 24 heavy (non-hydrogen) atoms. The van der Waals surface area contributed by atoms with E-state index in [1.807, 2.05) is 0 Å². The lowest BCUT2D eigenvalue weighted by Crippen LogP contribution is -2.59. The Bertz CT molecular complexity index is 677. The molecular weight excluding hydrogens is 348 g/mol. The number of carbonyl (C=O) groups is 2. The van der Waals surface area contributed by atoms with Crippen LogP contribution in [0, 0.1) is 11.8 Å². The van der Waals surface area contributed by atoms with E-state index in [9.17, 15) is 14.7 Å². The summed E-state index contributed by atoms with van der Waals surface area (Å²) in [5.41, 5.74) is 0.789. The van der Waals surface area contributed by atoms with Gasteiger partial charge in [0.05, 0.1) is 0 Å². The van der Waals surface area contributed by atoms with Crippen LogP contribution in [0.1, 0.15) is 11.5 Å². The second kappa shape index (κ2) is 6.70. The summed E-state index contributed by atoms with van der Waals surface area (Å²) in [7, 11) is 0. The zero-order valence-corrected chi connectivity index (χ0v) is 14.2. The number of aromatic hydroxyl groups is 1. The first kappa shape index (κ1) is 16.6. The van der Waals surface area contributed by atoms with Crippen molar-refractivity contribution in [3.63, 3.8) is 0 Å². The van der Waals surface area contributed by atoms with Crippen molar-refractivity contribution in [1.29, 1.82) is 0 Å². The van der Waals surface area contributed by atoms with Crippen LogP contribution in [-0.4, -0.2) is 40.2 Å². The SMILES string of the molecule is O=C1NC(=S)NC(=O)C1C(c1ccc(O)cc1)C1CNC(=S)NC1. The first-order valence-corrected chi connectivity index (χ1v) is 8.23. The van der Waals surface area contributed by atoms with Gasteiger partial charge in [0.15, 0.2) is 10.2 Å². The lowest BCUT2D eigenvalue weighted by atomic mass is 9.74. The molecule has 0 aromatic heterocycles. The molecule has 126 valence electrons. The van der Waals surface area contributed by atoms with Crippen molar-refractivity contribution in [3.05, 3.63) is 29.8 Å². The van der Waals surface area contributed by atoms with E-state index in [1.165, 1.54) is 0 Å². The average Bonchev–Trinajstić information content (AvgIpc) is 2.53. The van der Waals surface area contributed by atoms with Crippen molar-refractivity contribution in [2.75, 3.05) is 13.1 Å². The van der Waals surface area contributed by atoms with Crippen molar-refractivity contribution >= 4 is 46.5 Å². The third-order valence-electron chi connectivity index (χ3n) is 4.23. The summed E-state index contributed by atoms with van der Waals surface area (Å²) in [5.74, 6) is -2.07. The Kier molecular flexibility index (Phi) is 4.63. The van der Waals surface area contributed by atoms with Gasteiger partial charge >= 0.3 is 0 Å². The number of benzene rings is 1. The molecule has 0 radical (unpaired) electrons. The fourth-order valence-corrected chi connectivity index (χ4v) is 3.49. The Morgan fingerprint density at radius 2 is 1.50 bits per heavy atom. The third-order valence-corrected chi connectivity index (χ3v) is 4.73. The minimum Gasteiger partial charge on any atom is -0.508 e. The molecule has 1 aromatic rings. The number of phenols is 1. The molecule has 9 heteroatoms. The molecule has 2 fully saturated rings. The summed E-state index contributed by atoms with van der Waals surface area (Å²) in [6, 6.07) is 6.53. The number of hydrogen-bond acceptors (Lipinski definition) is 5. The summed E-state index contributed by atoms with van der Waals surface area (Å²) >= 11 is 9.93. The van der Waals surface area contributed by atoms with Crippen LogP contribution < -0.4 is 21.3 Å². The second-order valence-corrected chi connectivity index (χ2v) is 6.57. The molecule has 0 spiro atoms. The van der Waals surface area contributed by atoms with Crippen LogP contribution in [-0.2, 0) is 9.59 Å². The summed E-state index contributed by atoms with van der Waals surface area (Å²) in [5, 5.41) is 21.2. The Morgan fingerprint density at radius 1 is 0.958 bits per heavy atom. The standard InChI is InChI=1S/C15H16N4O3S2/c20-9-3-1-7(2-4-9)10(8-5-16-14(23)17-6-8)11-12(21)18-15(24)19-13(11)22/h1-4,8,10-11,20H,5-6H2,(H2,16,17,23)(H2,18,19,21,22,24). The van der Waals surface area contributed by atoms with E-state index in [0.29, 0.717) is 18.2 Å². The molecule has 2 amide bonds. The van der Waals surface area contributed by atoms with Gasteiger partial charge in [0.1, 0.15) is 11.7 Å². The maximum Gasteiger partial charge on any atom is 0.239 e. The summed E-state index contributed by atoms with van der Waals surface area (Å²) < 4.78 is 0. The zero-order valence-electron chi connectivity index (χ0n) is 12.5. The molecule has 0 saturated carbocycles. The van der Waals surface area contributed by atoms with Crippen LogP contribution in [0.2, 0.25) is 0 Å². The van der Waals surface area contributed by atoms with Gasteiger partial charge in [-0.2, -0.15) is 0 Å². The average molecular weight is 364 g/mol. The van der Waals surface area contributed by atoms with Crippen LogP contribution in [0.3, 0.4) is 0 Å². The molecule has 2 aliphatic heterocycles.